The van der Waals surface area contributed by atoms with Crippen LogP contribution in [-0.4, -0.2) is 48.9 Å². The third-order valence-electron chi connectivity index (χ3n) is 3.89. The standard InChI is InChI=1S/C15H21BrN2O/c1-11-6-4-8-13(14(11)16)15(19)18(3)12-7-5-9-17(2)10-12/h4,6,8,12H,5,7,9-10H2,1-3H3. The molecule has 0 spiro atoms. The molecule has 1 aromatic carbocycles. The molecule has 1 heterocycles. The maximum Gasteiger partial charge on any atom is 0.255 e. The third-order valence-corrected chi connectivity index (χ3v) is 4.94. The topological polar surface area (TPSA) is 23.6 Å². The monoisotopic (exact) mass is 324 g/mol. The van der Waals surface area contributed by atoms with Crippen molar-refractivity contribution in [1.29, 1.82) is 0 Å². The molecular formula is C15H21BrN2O. The van der Waals surface area contributed by atoms with E-state index < -0.39 is 0 Å². The van der Waals surface area contributed by atoms with Crippen LogP contribution in [0.2, 0.25) is 0 Å². The Kier molecular flexibility index (Phi) is 4.63. The van der Waals surface area contributed by atoms with E-state index in [-0.39, 0.29) is 5.91 Å². The van der Waals surface area contributed by atoms with E-state index in [4.69, 9.17) is 0 Å². The zero-order chi connectivity index (χ0) is 14.0. The molecule has 2 rings (SSSR count). The van der Waals surface area contributed by atoms with E-state index in [0.29, 0.717) is 6.04 Å². The molecular weight excluding hydrogens is 304 g/mol. The van der Waals surface area contributed by atoms with Crippen LogP contribution < -0.4 is 0 Å². The molecule has 0 aromatic heterocycles. The Hall–Kier alpha value is -0.870. The predicted octanol–water partition coefficient (Wildman–Crippen LogP) is 2.92. The van der Waals surface area contributed by atoms with Gasteiger partial charge in [-0.25, -0.2) is 0 Å². The van der Waals surface area contributed by atoms with Crippen LogP contribution in [0.4, 0.5) is 0 Å². The smallest absolute Gasteiger partial charge is 0.255 e. The van der Waals surface area contributed by atoms with Crippen molar-refractivity contribution in [3.8, 4) is 0 Å². The molecule has 0 aliphatic carbocycles. The Morgan fingerprint density at radius 3 is 2.89 bits per heavy atom. The van der Waals surface area contributed by atoms with Crippen LogP contribution >= 0.6 is 15.9 Å². The highest BCUT2D eigenvalue weighted by atomic mass is 79.9. The van der Waals surface area contributed by atoms with Gasteiger partial charge in [-0.05, 0) is 60.9 Å². The van der Waals surface area contributed by atoms with Crippen LogP contribution in [0.15, 0.2) is 22.7 Å². The zero-order valence-corrected chi connectivity index (χ0v) is 13.4. The summed E-state index contributed by atoms with van der Waals surface area (Å²) >= 11 is 3.53. The molecule has 0 N–H and O–H groups in total. The van der Waals surface area contributed by atoms with E-state index in [1.807, 2.05) is 37.1 Å². The number of aryl methyl sites for hydroxylation is 1. The van der Waals surface area contributed by atoms with Crippen LogP contribution in [0.1, 0.15) is 28.8 Å². The number of amides is 1. The molecule has 0 bridgehead atoms. The summed E-state index contributed by atoms with van der Waals surface area (Å²) in [5, 5.41) is 0. The fraction of sp³-hybridized carbons (Fsp3) is 0.533. The first kappa shape index (κ1) is 14.5. The molecule has 0 saturated carbocycles. The van der Waals surface area contributed by atoms with E-state index in [0.717, 1.165) is 41.5 Å². The molecule has 1 atom stereocenters. The van der Waals surface area contributed by atoms with Gasteiger partial charge in [0.15, 0.2) is 0 Å². The summed E-state index contributed by atoms with van der Waals surface area (Å²) in [7, 11) is 4.04. The van der Waals surface area contributed by atoms with Gasteiger partial charge in [-0.3, -0.25) is 4.79 Å². The lowest BCUT2D eigenvalue weighted by atomic mass is 10.0. The molecule has 1 unspecified atom stereocenters. The highest BCUT2D eigenvalue weighted by Crippen LogP contribution is 2.24. The summed E-state index contributed by atoms with van der Waals surface area (Å²) in [6, 6.07) is 6.16. The van der Waals surface area contributed by atoms with Gasteiger partial charge in [-0.1, -0.05) is 12.1 Å². The largest absolute Gasteiger partial charge is 0.337 e. The first-order chi connectivity index (χ1) is 9.00. The molecule has 1 aliphatic heterocycles. The average molecular weight is 325 g/mol. The molecule has 1 aromatic rings. The van der Waals surface area contributed by atoms with Crippen LogP contribution in [0.5, 0.6) is 0 Å². The molecule has 19 heavy (non-hydrogen) atoms. The number of likely N-dealkylation sites (tertiary alicyclic amines) is 1. The van der Waals surface area contributed by atoms with Gasteiger partial charge in [0.05, 0.1) is 5.56 Å². The van der Waals surface area contributed by atoms with E-state index in [2.05, 4.69) is 27.9 Å². The van der Waals surface area contributed by atoms with Crippen molar-refractivity contribution in [2.45, 2.75) is 25.8 Å². The molecule has 4 heteroatoms. The van der Waals surface area contributed by atoms with Crippen LogP contribution in [0.3, 0.4) is 0 Å². The Morgan fingerprint density at radius 2 is 2.21 bits per heavy atom. The lowest BCUT2D eigenvalue weighted by molar-refractivity contribution is 0.0643. The van der Waals surface area contributed by atoms with Gasteiger partial charge in [-0.15, -0.1) is 0 Å². The predicted molar refractivity (Wildman–Crippen MR) is 81.5 cm³/mol. The first-order valence-corrected chi connectivity index (χ1v) is 7.51. The Morgan fingerprint density at radius 1 is 1.47 bits per heavy atom. The van der Waals surface area contributed by atoms with Gasteiger partial charge in [0, 0.05) is 24.1 Å². The SMILES string of the molecule is Cc1cccc(C(=O)N(C)C2CCCN(C)C2)c1Br. The van der Waals surface area contributed by atoms with E-state index in [1.54, 1.807) is 0 Å². The molecule has 1 aliphatic rings. The molecule has 1 amide bonds. The van der Waals surface area contributed by atoms with Crippen molar-refractivity contribution in [2.24, 2.45) is 0 Å². The van der Waals surface area contributed by atoms with E-state index >= 15 is 0 Å². The van der Waals surface area contributed by atoms with Crippen molar-refractivity contribution < 1.29 is 4.79 Å². The van der Waals surface area contributed by atoms with Crippen LogP contribution in [-0.2, 0) is 0 Å². The first-order valence-electron chi connectivity index (χ1n) is 6.71. The van der Waals surface area contributed by atoms with Gasteiger partial charge >= 0.3 is 0 Å². The van der Waals surface area contributed by atoms with Crippen molar-refractivity contribution in [2.75, 3.05) is 27.2 Å². The second-order valence-electron chi connectivity index (χ2n) is 5.41. The number of hydrogen-bond acceptors (Lipinski definition) is 2. The van der Waals surface area contributed by atoms with Crippen molar-refractivity contribution in [3.05, 3.63) is 33.8 Å². The van der Waals surface area contributed by atoms with Crippen LogP contribution in [0, 0.1) is 6.92 Å². The number of carbonyl (C=O) groups excluding carboxylic acids is 1. The number of benzene rings is 1. The van der Waals surface area contributed by atoms with Gasteiger partial charge in [0.2, 0.25) is 0 Å². The quantitative estimate of drug-likeness (QED) is 0.835. The zero-order valence-electron chi connectivity index (χ0n) is 11.8. The van der Waals surface area contributed by atoms with Gasteiger partial charge in [-0.2, -0.15) is 0 Å². The minimum absolute atomic E-state index is 0.107. The second kappa shape index (κ2) is 6.06. The molecule has 1 fully saturated rings. The van der Waals surface area contributed by atoms with Crippen LogP contribution in [0.25, 0.3) is 0 Å². The lowest BCUT2D eigenvalue weighted by Crippen LogP contribution is -2.47. The maximum absolute atomic E-state index is 12.6. The minimum Gasteiger partial charge on any atom is -0.337 e. The summed E-state index contributed by atoms with van der Waals surface area (Å²) in [6.45, 7) is 4.10. The van der Waals surface area contributed by atoms with Crippen molar-refractivity contribution in [3.63, 3.8) is 0 Å². The van der Waals surface area contributed by atoms with Gasteiger partial charge in [0.1, 0.15) is 0 Å². The normalized spacial score (nSPS) is 20.3. The second-order valence-corrected chi connectivity index (χ2v) is 6.20. The van der Waals surface area contributed by atoms with Crippen molar-refractivity contribution in [1.82, 2.24) is 9.80 Å². The fourth-order valence-electron chi connectivity index (χ4n) is 2.62. The number of nitrogens with zero attached hydrogens (tertiary/aromatic N) is 2. The molecule has 1 saturated heterocycles. The number of hydrogen-bond donors (Lipinski definition) is 0. The van der Waals surface area contributed by atoms with E-state index in [9.17, 15) is 4.79 Å². The summed E-state index contributed by atoms with van der Waals surface area (Å²) in [6.07, 6.45) is 2.25. The number of rotatable bonds is 2. The summed E-state index contributed by atoms with van der Waals surface area (Å²) < 4.78 is 0.913. The number of halogens is 1. The van der Waals surface area contributed by atoms with Gasteiger partial charge in [0.25, 0.3) is 5.91 Å². The highest BCUT2D eigenvalue weighted by Gasteiger charge is 2.26. The minimum atomic E-state index is 0.107. The molecule has 0 radical (unpaired) electrons. The lowest BCUT2D eigenvalue weighted by Gasteiger charge is -2.36. The Labute approximate surface area is 123 Å². The molecule has 3 nitrogen and oxygen atoms in total. The Bertz CT molecular complexity index is 475. The van der Waals surface area contributed by atoms with E-state index in [1.165, 1.54) is 0 Å². The fourth-order valence-corrected chi connectivity index (χ4v) is 3.06. The number of piperidine rings is 1. The molecule has 104 valence electrons. The summed E-state index contributed by atoms with van der Waals surface area (Å²) in [4.78, 5) is 16.8. The third kappa shape index (κ3) is 3.18. The van der Waals surface area contributed by atoms with Crippen molar-refractivity contribution >= 4 is 21.8 Å². The summed E-state index contributed by atoms with van der Waals surface area (Å²) in [5.74, 6) is 0.107. The summed E-state index contributed by atoms with van der Waals surface area (Å²) in [5.41, 5.74) is 1.86. The van der Waals surface area contributed by atoms with Gasteiger partial charge < -0.3 is 9.80 Å². The average Bonchev–Trinajstić information content (AvgIpc) is 2.40. The Balaban J connectivity index is 2.16. The highest BCUT2D eigenvalue weighted by molar-refractivity contribution is 9.10. The number of likely N-dealkylation sites (N-methyl/N-ethyl adjacent to an activating group) is 2. The number of carbonyl (C=O) groups is 1. The maximum atomic E-state index is 12.6.